The number of methoxy groups -OCH3 is 1. The fraction of sp³-hybridized carbons (Fsp3) is 0.227. The van der Waals surface area contributed by atoms with E-state index < -0.39 is 0 Å². The van der Waals surface area contributed by atoms with E-state index in [2.05, 4.69) is 10.4 Å². The molecule has 1 N–H and O–H groups in total. The third-order valence-corrected chi connectivity index (χ3v) is 4.92. The number of carbonyl (C=O) groups excluding carboxylic acids is 2. The van der Waals surface area contributed by atoms with Crippen molar-refractivity contribution in [3.63, 3.8) is 0 Å². The van der Waals surface area contributed by atoms with E-state index in [1.807, 2.05) is 37.3 Å². The summed E-state index contributed by atoms with van der Waals surface area (Å²) in [6.07, 6.45) is 0. The fourth-order valence-electron chi connectivity index (χ4n) is 3.04. The third kappa shape index (κ3) is 4.63. The summed E-state index contributed by atoms with van der Waals surface area (Å²) in [6.45, 7) is 3.76. The van der Waals surface area contributed by atoms with E-state index in [4.69, 9.17) is 16.3 Å². The van der Waals surface area contributed by atoms with Crippen LogP contribution in [0.2, 0.25) is 5.15 Å². The molecule has 7 nitrogen and oxygen atoms in total. The second-order valence-corrected chi connectivity index (χ2v) is 6.96. The van der Waals surface area contributed by atoms with Crippen molar-refractivity contribution in [2.45, 2.75) is 13.8 Å². The zero-order valence-corrected chi connectivity index (χ0v) is 17.8. The van der Waals surface area contributed by atoms with E-state index >= 15 is 0 Å². The smallest absolute Gasteiger partial charge is 0.259 e. The molecule has 2 amide bonds. The van der Waals surface area contributed by atoms with Gasteiger partial charge in [0.1, 0.15) is 17.4 Å². The highest BCUT2D eigenvalue weighted by molar-refractivity contribution is 6.33. The van der Waals surface area contributed by atoms with E-state index in [9.17, 15) is 9.59 Å². The fourth-order valence-corrected chi connectivity index (χ4v) is 3.40. The standard InChI is InChI=1S/C22H23ClN4O3/c1-4-26(14-19(28)24-16-9-8-12-18(13-16)30-3)22(29)20-15(2)25-27(21(20)23)17-10-6-5-7-11-17/h5-13H,4,14H2,1-3H3,(H,24,28). The predicted molar refractivity (Wildman–Crippen MR) is 117 cm³/mol. The number of anilines is 1. The molecule has 0 fully saturated rings. The van der Waals surface area contributed by atoms with Crippen LogP contribution in [0.1, 0.15) is 23.0 Å². The number of aromatic nitrogens is 2. The van der Waals surface area contributed by atoms with Crippen LogP contribution in [-0.4, -0.2) is 46.7 Å². The van der Waals surface area contributed by atoms with Gasteiger partial charge in [-0.15, -0.1) is 0 Å². The van der Waals surface area contributed by atoms with E-state index in [1.54, 1.807) is 38.3 Å². The Bertz CT molecular complexity index is 1050. The summed E-state index contributed by atoms with van der Waals surface area (Å²) >= 11 is 6.50. The largest absolute Gasteiger partial charge is 0.497 e. The summed E-state index contributed by atoms with van der Waals surface area (Å²) < 4.78 is 6.68. The SMILES string of the molecule is CCN(CC(=O)Nc1cccc(OC)c1)C(=O)c1c(C)nn(-c2ccccc2)c1Cl. The van der Waals surface area contributed by atoms with Crippen LogP contribution in [0.15, 0.2) is 54.6 Å². The lowest BCUT2D eigenvalue weighted by atomic mass is 10.2. The Morgan fingerprint density at radius 3 is 2.57 bits per heavy atom. The summed E-state index contributed by atoms with van der Waals surface area (Å²) in [5.74, 6) is -0.0300. The molecule has 0 unspecified atom stereocenters. The molecule has 0 atom stereocenters. The predicted octanol–water partition coefficient (Wildman–Crippen LogP) is 3.94. The van der Waals surface area contributed by atoms with Crippen molar-refractivity contribution in [1.82, 2.24) is 14.7 Å². The molecule has 1 aromatic heterocycles. The summed E-state index contributed by atoms with van der Waals surface area (Å²) in [5, 5.41) is 7.41. The normalized spacial score (nSPS) is 10.5. The van der Waals surface area contributed by atoms with Crippen molar-refractivity contribution in [1.29, 1.82) is 0 Å². The Morgan fingerprint density at radius 2 is 1.90 bits per heavy atom. The number of nitrogens with one attached hydrogen (secondary N) is 1. The van der Waals surface area contributed by atoms with Gasteiger partial charge in [-0.25, -0.2) is 4.68 Å². The van der Waals surface area contributed by atoms with Crippen LogP contribution >= 0.6 is 11.6 Å². The highest BCUT2D eigenvalue weighted by Gasteiger charge is 2.26. The maximum absolute atomic E-state index is 13.1. The number of carbonyl (C=O) groups is 2. The van der Waals surface area contributed by atoms with Gasteiger partial charge in [0.2, 0.25) is 5.91 Å². The van der Waals surface area contributed by atoms with Crippen LogP contribution in [0.5, 0.6) is 5.75 Å². The summed E-state index contributed by atoms with van der Waals surface area (Å²) in [5.41, 5.74) is 2.13. The van der Waals surface area contributed by atoms with Crippen molar-refractivity contribution < 1.29 is 14.3 Å². The van der Waals surface area contributed by atoms with E-state index in [0.717, 1.165) is 5.69 Å². The van der Waals surface area contributed by atoms with E-state index in [0.29, 0.717) is 23.7 Å². The number of halogens is 1. The minimum Gasteiger partial charge on any atom is -0.497 e. The van der Waals surface area contributed by atoms with Gasteiger partial charge in [0, 0.05) is 18.3 Å². The molecule has 0 saturated carbocycles. The van der Waals surface area contributed by atoms with Crippen LogP contribution < -0.4 is 10.1 Å². The second-order valence-electron chi connectivity index (χ2n) is 6.60. The highest BCUT2D eigenvalue weighted by atomic mass is 35.5. The molecule has 2 aromatic carbocycles. The van der Waals surface area contributed by atoms with Gasteiger partial charge in [-0.1, -0.05) is 35.9 Å². The van der Waals surface area contributed by atoms with Crippen LogP contribution in [-0.2, 0) is 4.79 Å². The first kappa shape index (κ1) is 21.4. The minimum atomic E-state index is -0.344. The molecule has 0 aliphatic carbocycles. The lowest BCUT2D eigenvalue weighted by Crippen LogP contribution is -2.38. The van der Waals surface area contributed by atoms with Crippen LogP contribution in [0, 0.1) is 6.92 Å². The number of benzene rings is 2. The molecule has 8 heteroatoms. The van der Waals surface area contributed by atoms with Crippen LogP contribution in [0.25, 0.3) is 5.69 Å². The number of likely N-dealkylation sites (N-methyl/N-ethyl adjacent to an activating group) is 1. The summed E-state index contributed by atoms with van der Waals surface area (Å²) in [7, 11) is 1.56. The van der Waals surface area contributed by atoms with Crippen LogP contribution in [0.4, 0.5) is 5.69 Å². The number of hydrogen-bond acceptors (Lipinski definition) is 4. The van der Waals surface area contributed by atoms with Crippen molar-refractivity contribution in [2.75, 3.05) is 25.5 Å². The molecule has 3 aromatic rings. The van der Waals surface area contributed by atoms with Gasteiger partial charge >= 0.3 is 0 Å². The Labute approximate surface area is 180 Å². The zero-order chi connectivity index (χ0) is 21.7. The molecule has 30 heavy (non-hydrogen) atoms. The van der Waals surface area contributed by atoms with Gasteiger partial charge in [0.15, 0.2) is 0 Å². The first-order valence-corrected chi connectivity index (χ1v) is 9.86. The number of aryl methyl sites for hydroxylation is 1. The van der Waals surface area contributed by atoms with Gasteiger partial charge in [-0.05, 0) is 38.1 Å². The van der Waals surface area contributed by atoms with Gasteiger partial charge < -0.3 is 15.0 Å². The van der Waals surface area contributed by atoms with Crippen molar-refractivity contribution in [3.05, 3.63) is 71.0 Å². The van der Waals surface area contributed by atoms with Gasteiger partial charge in [-0.3, -0.25) is 9.59 Å². The molecule has 0 bridgehead atoms. The molecular formula is C22H23ClN4O3. The second kappa shape index (κ2) is 9.45. The van der Waals surface area contributed by atoms with E-state index in [1.165, 1.54) is 9.58 Å². The molecule has 1 heterocycles. The molecule has 156 valence electrons. The van der Waals surface area contributed by atoms with Crippen molar-refractivity contribution in [3.8, 4) is 11.4 Å². The zero-order valence-electron chi connectivity index (χ0n) is 17.1. The minimum absolute atomic E-state index is 0.112. The number of nitrogens with zero attached hydrogens (tertiary/aromatic N) is 3. The average Bonchev–Trinajstić information content (AvgIpc) is 3.06. The van der Waals surface area contributed by atoms with Gasteiger partial charge in [0.05, 0.1) is 24.1 Å². The van der Waals surface area contributed by atoms with Crippen LogP contribution in [0.3, 0.4) is 0 Å². The maximum Gasteiger partial charge on any atom is 0.259 e. The number of hydrogen-bond donors (Lipinski definition) is 1. The molecule has 0 radical (unpaired) electrons. The quantitative estimate of drug-likeness (QED) is 0.620. The Morgan fingerprint density at radius 1 is 1.17 bits per heavy atom. The monoisotopic (exact) mass is 426 g/mol. The Kier molecular flexibility index (Phi) is 6.74. The number of ether oxygens (including phenoxy) is 1. The summed E-state index contributed by atoms with van der Waals surface area (Å²) in [4.78, 5) is 27.1. The van der Waals surface area contributed by atoms with Gasteiger partial charge in [-0.2, -0.15) is 5.10 Å². The average molecular weight is 427 g/mol. The number of amides is 2. The van der Waals surface area contributed by atoms with Crippen molar-refractivity contribution >= 4 is 29.1 Å². The Hall–Kier alpha value is -3.32. The lowest BCUT2D eigenvalue weighted by molar-refractivity contribution is -0.116. The first-order chi connectivity index (χ1) is 14.4. The molecule has 0 aliphatic rings. The highest BCUT2D eigenvalue weighted by Crippen LogP contribution is 2.25. The number of rotatable bonds is 7. The maximum atomic E-state index is 13.1. The summed E-state index contributed by atoms with van der Waals surface area (Å²) in [6, 6.07) is 16.4. The first-order valence-electron chi connectivity index (χ1n) is 9.48. The van der Waals surface area contributed by atoms with Crippen molar-refractivity contribution in [2.24, 2.45) is 0 Å². The number of para-hydroxylation sites is 1. The van der Waals surface area contributed by atoms with Gasteiger partial charge in [0.25, 0.3) is 5.91 Å². The third-order valence-electron chi connectivity index (χ3n) is 4.58. The lowest BCUT2D eigenvalue weighted by Gasteiger charge is -2.20. The molecule has 0 spiro atoms. The molecule has 0 aliphatic heterocycles. The topological polar surface area (TPSA) is 76.5 Å². The molecule has 0 saturated heterocycles. The molecular weight excluding hydrogens is 404 g/mol. The molecule has 3 rings (SSSR count). The Balaban J connectivity index is 1.77. The van der Waals surface area contributed by atoms with E-state index in [-0.39, 0.29) is 29.1 Å².